The summed E-state index contributed by atoms with van der Waals surface area (Å²) in [6, 6.07) is 0. The molecule has 7 heteroatoms. The lowest BCUT2D eigenvalue weighted by molar-refractivity contribution is 0.781. The quantitative estimate of drug-likeness (QED) is 0.650. The van der Waals surface area contributed by atoms with E-state index >= 15 is 0 Å². The first kappa shape index (κ1) is 8.64. The van der Waals surface area contributed by atoms with Crippen molar-refractivity contribution in [3.63, 3.8) is 0 Å². The molecule has 0 radical (unpaired) electrons. The topological polar surface area (TPSA) is 60.2 Å². The molecule has 0 aliphatic heterocycles. The molecule has 2 rings (SSSR count). The highest BCUT2D eigenvalue weighted by molar-refractivity contribution is 7.98. The fraction of sp³-hybridized carbons (Fsp3) is 0.333. The summed E-state index contributed by atoms with van der Waals surface area (Å²) in [6.45, 7) is 1.83. The molecule has 5 nitrogen and oxygen atoms in total. The van der Waals surface area contributed by atoms with Crippen LogP contribution in [0.1, 0.15) is 5.01 Å². The van der Waals surface area contributed by atoms with Crippen molar-refractivity contribution < 1.29 is 0 Å². The number of thioether (sulfide) groups is 1. The third-order valence-corrected chi connectivity index (χ3v) is 2.78. The third kappa shape index (κ3) is 1.44. The van der Waals surface area contributed by atoms with Crippen LogP contribution in [-0.2, 0) is 0 Å². The minimum Gasteiger partial charge on any atom is -0.243 e. The van der Waals surface area contributed by atoms with Crippen molar-refractivity contribution in [3.05, 3.63) is 15.5 Å². The van der Waals surface area contributed by atoms with E-state index in [1.165, 1.54) is 27.6 Å². The van der Waals surface area contributed by atoms with Crippen molar-refractivity contribution in [2.24, 2.45) is 0 Å². The number of fused-ring (bicyclic) bond motifs is 1. The molecular formula is C6H6N4OS2. The van der Waals surface area contributed by atoms with Gasteiger partial charge in [0, 0.05) is 0 Å². The van der Waals surface area contributed by atoms with Crippen LogP contribution in [0, 0.1) is 6.92 Å². The van der Waals surface area contributed by atoms with Gasteiger partial charge in [-0.2, -0.15) is 19.6 Å². The summed E-state index contributed by atoms with van der Waals surface area (Å²) in [5, 5.41) is 5.28. The lowest BCUT2D eigenvalue weighted by Crippen LogP contribution is -2.18. The fourth-order valence-corrected chi connectivity index (χ4v) is 2.03. The Morgan fingerprint density at radius 3 is 2.92 bits per heavy atom. The molecule has 0 aliphatic rings. The molecule has 0 saturated carbocycles. The molecule has 0 spiro atoms. The summed E-state index contributed by atoms with van der Waals surface area (Å²) >= 11 is 2.73. The molecule has 0 fully saturated rings. The summed E-state index contributed by atoms with van der Waals surface area (Å²) in [5.41, 5.74) is -0.362. The zero-order valence-corrected chi connectivity index (χ0v) is 8.65. The Kier molecular flexibility index (Phi) is 2.04. The van der Waals surface area contributed by atoms with Gasteiger partial charge in [0.05, 0.1) is 0 Å². The van der Waals surface area contributed by atoms with Gasteiger partial charge in [-0.1, -0.05) is 23.1 Å². The van der Waals surface area contributed by atoms with Crippen LogP contribution in [0.25, 0.3) is 4.96 Å². The molecule has 13 heavy (non-hydrogen) atoms. The van der Waals surface area contributed by atoms with Gasteiger partial charge in [0.15, 0.2) is 5.16 Å². The van der Waals surface area contributed by atoms with E-state index in [0.717, 1.165) is 5.01 Å². The summed E-state index contributed by atoms with van der Waals surface area (Å²) < 4.78 is 1.22. The third-order valence-electron chi connectivity index (χ3n) is 1.41. The van der Waals surface area contributed by atoms with Gasteiger partial charge < -0.3 is 0 Å². The molecule has 0 N–H and O–H groups in total. The summed E-state index contributed by atoms with van der Waals surface area (Å²) in [5.74, 6) is 0. The molecule has 0 saturated heterocycles. The second-order valence-corrected chi connectivity index (χ2v) is 4.24. The van der Waals surface area contributed by atoms with Crippen molar-refractivity contribution in [1.82, 2.24) is 19.6 Å². The molecule has 0 unspecified atom stereocenters. The SMILES string of the molecule is CSc1nc(=O)n2nc(C)sc2n1. The second kappa shape index (κ2) is 3.08. The molecule has 0 aliphatic carbocycles. The minimum absolute atomic E-state index is 0.362. The van der Waals surface area contributed by atoms with Crippen LogP contribution in [0.5, 0.6) is 0 Å². The number of hydrogen-bond acceptors (Lipinski definition) is 6. The second-order valence-electron chi connectivity index (χ2n) is 2.31. The Labute approximate surface area is 81.8 Å². The highest BCUT2D eigenvalue weighted by atomic mass is 32.2. The van der Waals surface area contributed by atoms with Crippen molar-refractivity contribution in [2.45, 2.75) is 12.1 Å². The largest absolute Gasteiger partial charge is 0.373 e. The van der Waals surface area contributed by atoms with Crippen LogP contribution in [0.4, 0.5) is 0 Å². The van der Waals surface area contributed by atoms with Crippen LogP contribution in [0.2, 0.25) is 0 Å². The van der Waals surface area contributed by atoms with E-state index in [1.807, 2.05) is 13.2 Å². The smallest absolute Gasteiger partial charge is 0.243 e. The van der Waals surface area contributed by atoms with Gasteiger partial charge in [-0.05, 0) is 13.2 Å². The van der Waals surface area contributed by atoms with Crippen LogP contribution in [-0.4, -0.2) is 25.8 Å². The van der Waals surface area contributed by atoms with E-state index in [2.05, 4.69) is 15.1 Å². The molecule has 68 valence electrons. The standard InChI is InChI=1S/C6H6N4OS2/c1-3-9-10-5(11)7-4(12-2)8-6(10)13-3/h1-2H3. The Morgan fingerprint density at radius 2 is 2.23 bits per heavy atom. The molecule has 0 amide bonds. The van der Waals surface area contributed by atoms with Gasteiger partial charge in [0.2, 0.25) is 4.96 Å². The molecule has 0 bridgehead atoms. The van der Waals surface area contributed by atoms with Gasteiger partial charge in [0.1, 0.15) is 5.01 Å². The summed E-state index contributed by atoms with van der Waals surface area (Å²) in [4.78, 5) is 19.8. The first-order valence-electron chi connectivity index (χ1n) is 3.49. The molecule has 2 aromatic heterocycles. The van der Waals surface area contributed by atoms with Crippen molar-refractivity contribution >= 4 is 28.1 Å². The molecular weight excluding hydrogens is 208 g/mol. The molecule has 0 atom stereocenters. The number of rotatable bonds is 1. The highest BCUT2D eigenvalue weighted by Gasteiger charge is 2.06. The lowest BCUT2D eigenvalue weighted by atomic mass is 10.9. The van der Waals surface area contributed by atoms with Crippen LogP contribution < -0.4 is 5.69 Å². The Hall–Kier alpha value is -0.950. The first-order valence-corrected chi connectivity index (χ1v) is 5.53. The summed E-state index contributed by atoms with van der Waals surface area (Å²) in [6.07, 6.45) is 1.83. The molecule has 0 aromatic carbocycles. The van der Waals surface area contributed by atoms with Crippen molar-refractivity contribution in [3.8, 4) is 0 Å². The maximum atomic E-state index is 11.3. The van der Waals surface area contributed by atoms with Gasteiger partial charge in [-0.25, -0.2) is 4.79 Å². The predicted molar refractivity (Wildman–Crippen MR) is 51.4 cm³/mol. The maximum absolute atomic E-state index is 11.3. The van der Waals surface area contributed by atoms with Gasteiger partial charge in [-0.15, -0.1) is 0 Å². The minimum atomic E-state index is -0.362. The van der Waals surface area contributed by atoms with Crippen molar-refractivity contribution in [1.29, 1.82) is 0 Å². The van der Waals surface area contributed by atoms with E-state index in [9.17, 15) is 4.79 Å². The Balaban J connectivity index is 2.83. The van der Waals surface area contributed by atoms with E-state index in [0.29, 0.717) is 10.1 Å². The molecule has 2 heterocycles. The lowest BCUT2D eigenvalue weighted by Gasteiger charge is -1.91. The van der Waals surface area contributed by atoms with Gasteiger partial charge >= 0.3 is 5.69 Å². The predicted octanol–water partition coefficient (Wildman–Crippen LogP) is 0.576. The highest BCUT2D eigenvalue weighted by Crippen LogP contribution is 2.12. The zero-order chi connectivity index (χ0) is 9.42. The van der Waals surface area contributed by atoms with Crippen LogP contribution in [0.3, 0.4) is 0 Å². The molecule has 2 aromatic rings. The van der Waals surface area contributed by atoms with E-state index in [1.54, 1.807) is 0 Å². The van der Waals surface area contributed by atoms with Crippen LogP contribution in [0.15, 0.2) is 9.95 Å². The van der Waals surface area contributed by atoms with Gasteiger partial charge in [-0.3, -0.25) is 0 Å². The fourth-order valence-electron chi connectivity index (χ4n) is 0.901. The number of aromatic nitrogens is 4. The number of aryl methyl sites for hydroxylation is 1. The first-order chi connectivity index (χ1) is 6.20. The average Bonchev–Trinajstić information content (AvgIpc) is 2.46. The van der Waals surface area contributed by atoms with Gasteiger partial charge in [0.25, 0.3) is 0 Å². The normalized spacial score (nSPS) is 10.9. The monoisotopic (exact) mass is 214 g/mol. The number of hydrogen-bond donors (Lipinski definition) is 0. The Bertz CT molecular complexity index is 503. The Morgan fingerprint density at radius 1 is 1.46 bits per heavy atom. The number of nitrogens with zero attached hydrogens (tertiary/aromatic N) is 4. The summed E-state index contributed by atoms with van der Waals surface area (Å²) in [7, 11) is 0. The zero-order valence-electron chi connectivity index (χ0n) is 7.01. The van der Waals surface area contributed by atoms with Crippen LogP contribution >= 0.6 is 23.1 Å². The van der Waals surface area contributed by atoms with E-state index in [-0.39, 0.29) is 5.69 Å². The van der Waals surface area contributed by atoms with E-state index in [4.69, 9.17) is 0 Å². The van der Waals surface area contributed by atoms with E-state index < -0.39 is 0 Å². The average molecular weight is 214 g/mol. The maximum Gasteiger partial charge on any atom is 0.373 e. The van der Waals surface area contributed by atoms with Crippen molar-refractivity contribution in [2.75, 3.05) is 6.26 Å².